The number of imide groups is 3. The van der Waals surface area contributed by atoms with Crippen LogP contribution < -0.4 is 5.32 Å². The number of carbonyl (C=O) groups is 9. The number of carboxylic acid groups (broad SMARTS) is 1. The first-order chi connectivity index (χ1) is 19.5. The fourth-order valence-electron chi connectivity index (χ4n) is 3.77. The average Bonchev–Trinajstić information content (AvgIpc) is 3.54. The van der Waals surface area contributed by atoms with Gasteiger partial charge in [-0.05, 0) is 12.8 Å². The summed E-state index contributed by atoms with van der Waals surface area (Å²) in [7, 11) is 0. The predicted octanol–water partition coefficient (Wildman–Crippen LogP) is -0.248. The van der Waals surface area contributed by atoms with E-state index < -0.39 is 35.6 Å². The second-order valence-electron chi connectivity index (χ2n) is 9.13. The van der Waals surface area contributed by atoms with Crippen molar-refractivity contribution in [2.24, 2.45) is 0 Å². The van der Waals surface area contributed by atoms with E-state index in [2.05, 4.69) is 10.2 Å². The fraction of sp³-hybridized carbons (Fsp3) is 0.500. The molecular weight excluding hydrogens is 544 g/mol. The Morgan fingerprint density at radius 1 is 0.683 bits per heavy atom. The molecule has 7 amide bonds. The van der Waals surface area contributed by atoms with E-state index >= 15 is 0 Å². The summed E-state index contributed by atoms with van der Waals surface area (Å²) < 4.78 is 0. The molecule has 0 aromatic heterocycles. The van der Waals surface area contributed by atoms with Gasteiger partial charge >= 0.3 is 11.9 Å². The number of carbonyl (C=O) groups excluding carboxylic acids is 8. The van der Waals surface area contributed by atoms with Gasteiger partial charge in [-0.1, -0.05) is 19.3 Å². The summed E-state index contributed by atoms with van der Waals surface area (Å²) in [6.07, 6.45) is 8.95. The number of nitrogens with one attached hydrogen (secondary N) is 1. The lowest BCUT2D eigenvalue weighted by Crippen LogP contribution is -2.35. The van der Waals surface area contributed by atoms with Gasteiger partial charge in [0.2, 0.25) is 5.91 Å². The second-order valence-corrected chi connectivity index (χ2v) is 9.13. The lowest BCUT2D eigenvalue weighted by molar-refractivity contribution is -0.197. The molecule has 2 N–H and O–H groups in total. The second kappa shape index (κ2) is 16.4. The maximum Gasteiger partial charge on any atom is 0.335 e. The summed E-state index contributed by atoms with van der Waals surface area (Å²) in [4.78, 5) is 107. The Labute approximate surface area is 235 Å². The Hall–Kier alpha value is -4.69. The number of hydrogen-bond donors (Lipinski definition) is 2. The van der Waals surface area contributed by atoms with Gasteiger partial charge in [0.25, 0.3) is 35.4 Å². The van der Waals surface area contributed by atoms with E-state index in [1.807, 2.05) is 0 Å². The van der Waals surface area contributed by atoms with Crippen LogP contribution in [0.3, 0.4) is 0 Å². The SMILES string of the molecule is O=C(CCN1C(=O)C=CC1=O)ON1C(=O)CCC1=O.O=C(O)CCCCCCCNC(=O)CCN1C(=O)C=CC1=O. The van der Waals surface area contributed by atoms with Gasteiger partial charge in [-0.15, -0.1) is 5.06 Å². The molecule has 0 unspecified atom stereocenters. The number of carboxylic acids is 1. The molecule has 0 aromatic carbocycles. The highest BCUT2D eigenvalue weighted by molar-refractivity contribution is 6.13. The van der Waals surface area contributed by atoms with Crippen LogP contribution >= 0.6 is 0 Å². The summed E-state index contributed by atoms with van der Waals surface area (Å²) in [5, 5.41) is 11.6. The number of nitrogens with zero attached hydrogens (tertiary/aromatic N) is 3. The van der Waals surface area contributed by atoms with E-state index in [1.165, 1.54) is 12.2 Å². The standard InChI is InChI=1S/C15H22N2O5.C11H10N2O6/c18-12(9-11-17-13(19)7-8-14(17)20)16-10-5-3-1-2-4-6-15(21)22;14-7-1-2-8(15)12(7)6-5-11(18)19-13-9(16)3-4-10(13)17/h7-8H,1-6,9-11H2,(H,16,18)(H,21,22);1-2H,3-6H2. The number of amides is 7. The molecule has 3 rings (SSSR count). The number of hydroxylamine groups is 2. The first-order valence-corrected chi connectivity index (χ1v) is 13.1. The highest BCUT2D eigenvalue weighted by atomic mass is 16.7. The third-order valence-electron chi connectivity index (χ3n) is 5.99. The zero-order valence-electron chi connectivity index (χ0n) is 22.4. The van der Waals surface area contributed by atoms with Crippen LogP contribution in [0.25, 0.3) is 0 Å². The quantitative estimate of drug-likeness (QED) is 0.192. The molecule has 0 aliphatic carbocycles. The van der Waals surface area contributed by atoms with Crippen LogP contribution in [0.1, 0.15) is 64.2 Å². The molecule has 3 aliphatic heterocycles. The third-order valence-corrected chi connectivity index (χ3v) is 5.99. The van der Waals surface area contributed by atoms with Crippen LogP contribution in [0.5, 0.6) is 0 Å². The van der Waals surface area contributed by atoms with Gasteiger partial charge in [-0.2, -0.15) is 0 Å². The van der Waals surface area contributed by atoms with Gasteiger partial charge in [0, 0.05) is 69.6 Å². The van der Waals surface area contributed by atoms with Crippen LogP contribution in [0, 0.1) is 0 Å². The van der Waals surface area contributed by atoms with E-state index in [0.29, 0.717) is 18.0 Å². The van der Waals surface area contributed by atoms with Gasteiger partial charge in [-0.3, -0.25) is 48.2 Å². The molecule has 0 spiro atoms. The van der Waals surface area contributed by atoms with Crippen molar-refractivity contribution >= 4 is 53.3 Å². The fourth-order valence-corrected chi connectivity index (χ4v) is 3.77. The van der Waals surface area contributed by atoms with E-state index in [4.69, 9.17) is 5.11 Å². The van der Waals surface area contributed by atoms with E-state index in [-0.39, 0.29) is 62.9 Å². The highest BCUT2D eigenvalue weighted by Gasteiger charge is 2.33. The monoisotopic (exact) mass is 576 g/mol. The molecule has 0 bridgehead atoms. The van der Waals surface area contributed by atoms with Crippen LogP contribution in [0.4, 0.5) is 0 Å². The van der Waals surface area contributed by atoms with E-state index in [9.17, 15) is 43.2 Å². The van der Waals surface area contributed by atoms with Gasteiger partial charge in [0.1, 0.15) is 0 Å². The van der Waals surface area contributed by atoms with Crippen molar-refractivity contribution in [2.45, 2.75) is 64.2 Å². The number of unbranched alkanes of at least 4 members (excludes halogenated alkanes) is 4. The zero-order chi connectivity index (χ0) is 30.4. The summed E-state index contributed by atoms with van der Waals surface area (Å²) >= 11 is 0. The van der Waals surface area contributed by atoms with Crippen molar-refractivity contribution in [3.63, 3.8) is 0 Å². The summed E-state index contributed by atoms with van der Waals surface area (Å²) in [5.41, 5.74) is 0. The molecule has 3 heterocycles. The van der Waals surface area contributed by atoms with Crippen LogP contribution in [0.2, 0.25) is 0 Å². The van der Waals surface area contributed by atoms with Gasteiger partial charge in [0.05, 0.1) is 6.42 Å². The minimum Gasteiger partial charge on any atom is -0.481 e. The summed E-state index contributed by atoms with van der Waals surface area (Å²) in [6, 6.07) is 0. The maximum absolute atomic E-state index is 11.6. The van der Waals surface area contributed by atoms with Crippen LogP contribution in [-0.4, -0.2) is 92.9 Å². The zero-order valence-corrected chi connectivity index (χ0v) is 22.4. The van der Waals surface area contributed by atoms with Crippen molar-refractivity contribution in [2.75, 3.05) is 19.6 Å². The lowest BCUT2D eigenvalue weighted by atomic mass is 10.1. The molecule has 15 heteroatoms. The topological polar surface area (TPSA) is 205 Å². The summed E-state index contributed by atoms with van der Waals surface area (Å²) in [5.74, 6) is -4.72. The lowest BCUT2D eigenvalue weighted by Gasteiger charge is -2.15. The Bertz CT molecular complexity index is 1090. The molecule has 0 saturated carbocycles. The minimum atomic E-state index is -0.851. The Kier molecular flexibility index (Phi) is 13.0. The Balaban J connectivity index is 0.000000289. The van der Waals surface area contributed by atoms with Gasteiger partial charge in [0.15, 0.2) is 0 Å². The van der Waals surface area contributed by atoms with Crippen LogP contribution in [-0.2, 0) is 48.0 Å². The number of hydrogen-bond acceptors (Lipinski definition) is 10. The molecule has 1 fully saturated rings. The van der Waals surface area contributed by atoms with Crippen molar-refractivity contribution in [1.82, 2.24) is 20.2 Å². The first kappa shape index (κ1) is 32.5. The van der Waals surface area contributed by atoms with Crippen LogP contribution in [0.15, 0.2) is 24.3 Å². The predicted molar refractivity (Wildman–Crippen MR) is 136 cm³/mol. The largest absolute Gasteiger partial charge is 0.481 e. The van der Waals surface area contributed by atoms with Crippen molar-refractivity contribution in [3.8, 4) is 0 Å². The Morgan fingerprint density at radius 2 is 1.15 bits per heavy atom. The third kappa shape index (κ3) is 11.1. The number of aliphatic carboxylic acids is 1. The average molecular weight is 577 g/mol. The molecule has 222 valence electrons. The first-order valence-electron chi connectivity index (χ1n) is 13.1. The molecule has 41 heavy (non-hydrogen) atoms. The van der Waals surface area contributed by atoms with Crippen molar-refractivity contribution in [1.29, 1.82) is 0 Å². The smallest absolute Gasteiger partial charge is 0.335 e. The molecule has 1 saturated heterocycles. The molecular formula is C26H32N4O11. The summed E-state index contributed by atoms with van der Waals surface area (Å²) in [6.45, 7) is 0.503. The van der Waals surface area contributed by atoms with Gasteiger partial charge < -0.3 is 15.3 Å². The van der Waals surface area contributed by atoms with Crippen molar-refractivity contribution < 1.29 is 53.1 Å². The minimum absolute atomic E-state index is 0.0130. The maximum atomic E-state index is 11.6. The number of rotatable bonds is 15. The molecule has 0 radical (unpaired) electrons. The molecule has 15 nitrogen and oxygen atoms in total. The Morgan fingerprint density at radius 3 is 1.66 bits per heavy atom. The molecule has 3 aliphatic rings. The molecule has 0 aromatic rings. The highest BCUT2D eigenvalue weighted by Crippen LogP contribution is 2.13. The van der Waals surface area contributed by atoms with Crippen molar-refractivity contribution in [3.05, 3.63) is 24.3 Å². The van der Waals surface area contributed by atoms with E-state index in [1.54, 1.807) is 0 Å². The van der Waals surface area contributed by atoms with Gasteiger partial charge in [-0.25, -0.2) is 4.79 Å². The van der Waals surface area contributed by atoms with E-state index in [0.717, 1.165) is 47.6 Å². The normalized spacial score (nSPS) is 16.0. The molecule has 0 atom stereocenters.